The molecule has 0 aromatic carbocycles. The molecule has 3 nitrogen and oxygen atoms in total. The van der Waals surface area contributed by atoms with Crippen LogP contribution < -0.4 is 5.73 Å². The van der Waals surface area contributed by atoms with Crippen LogP contribution in [0.4, 0.5) is 5.82 Å². The van der Waals surface area contributed by atoms with Crippen molar-refractivity contribution in [2.75, 3.05) is 25.9 Å². The van der Waals surface area contributed by atoms with E-state index in [9.17, 15) is 0 Å². The van der Waals surface area contributed by atoms with Gasteiger partial charge in [-0.15, -0.1) is 0 Å². The zero-order chi connectivity index (χ0) is 9.26. The molecule has 2 heterocycles. The molecular weight excluding hydrogens is 162 g/mol. The molecule has 0 saturated carbocycles. The van der Waals surface area contributed by atoms with Gasteiger partial charge in [0.2, 0.25) is 0 Å². The van der Waals surface area contributed by atoms with E-state index < -0.39 is 0 Å². The number of hydrogen-bond donors (Lipinski definition) is 1. The summed E-state index contributed by atoms with van der Waals surface area (Å²) in [6, 6.07) is 2.01. The van der Waals surface area contributed by atoms with Crippen molar-refractivity contribution in [3.63, 3.8) is 0 Å². The van der Waals surface area contributed by atoms with E-state index in [0.29, 0.717) is 5.82 Å². The predicted molar refractivity (Wildman–Crippen MR) is 53.6 cm³/mol. The van der Waals surface area contributed by atoms with E-state index in [0.717, 1.165) is 25.9 Å². The summed E-state index contributed by atoms with van der Waals surface area (Å²) in [7, 11) is 2.16. The summed E-state index contributed by atoms with van der Waals surface area (Å²) in [5.74, 6) is 0.642. The topological polar surface area (TPSA) is 42.2 Å². The van der Waals surface area contributed by atoms with E-state index >= 15 is 0 Å². The summed E-state index contributed by atoms with van der Waals surface area (Å²) in [5, 5.41) is 0. The van der Waals surface area contributed by atoms with E-state index in [2.05, 4.69) is 16.9 Å². The molecule has 0 saturated heterocycles. The predicted octanol–water partition coefficient (Wildman–Crippen LogP) is 0.694. The molecule has 0 bridgehead atoms. The zero-order valence-corrected chi connectivity index (χ0v) is 7.95. The standard InChI is InChI=1S/C10H15N3/c1-13-4-2-8-6-10(11)12-7-9(8)3-5-13/h6-7H,2-5H2,1H3,(H2,11,12). The Morgan fingerprint density at radius 3 is 2.77 bits per heavy atom. The molecule has 0 amide bonds. The van der Waals surface area contributed by atoms with E-state index in [1.807, 2.05) is 12.3 Å². The molecule has 1 aromatic rings. The zero-order valence-electron chi connectivity index (χ0n) is 7.95. The Labute approximate surface area is 78.6 Å². The third-order valence-corrected chi connectivity index (χ3v) is 2.63. The minimum Gasteiger partial charge on any atom is -0.384 e. The number of likely N-dealkylation sites (N-methyl/N-ethyl adjacent to an activating group) is 1. The van der Waals surface area contributed by atoms with Gasteiger partial charge in [-0.2, -0.15) is 0 Å². The fraction of sp³-hybridized carbons (Fsp3) is 0.500. The second-order valence-corrected chi connectivity index (χ2v) is 3.68. The van der Waals surface area contributed by atoms with Crippen LogP contribution in [0.1, 0.15) is 11.1 Å². The van der Waals surface area contributed by atoms with Gasteiger partial charge in [-0.1, -0.05) is 0 Å². The van der Waals surface area contributed by atoms with Crippen LogP contribution in [0.5, 0.6) is 0 Å². The lowest BCUT2D eigenvalue weighted by Gasteiger charge is -2.10. The van der Waals surface area contributed by atoms with Crippen molar-refractivity contribution >= 4 is 5.82 Å². The number of aromatic nitrogens is 1. The van der Waals surface area contributed by atoms with Gasteiger partial charge in [-0.3, -0.25) is 0 Å². The number of fused-ring (bicyclic) bond motifs is 1. The van der Waals surface area contributed by atoms with Crippen molar-refractivity contribution < 1.29 is 0 Å². The van der Waals surface area contributed by atoms with Gasteiger partial charge in [0.15, 0.2) is 0 Å². The Kier molecular flexibility index (Phi) is 2.19. The van der Waals surface area contributed by atoms with Crippen LogP contribution in [0.3, 0.4) is 0 Å². The average Bonchev–Trinajstić information content (AvgIpc) is 2.29. The number of rotatable bonds is 0. The molecule has 2 rings (SSSR count). The highest BCUT2D eigenvalue weighted by Gasteiger charge is 2.10. The molecule has 0 aliphatic carbocycles. The maximum Gasteiger partial charge on any atom is 0.123 e. The van der Waals surface area contributed by atoms with Gasteiger partial charge in [0.25, 0.3) is 0 Å². The van der Waals surface area contributed by atoms with E-state index in [1.165, 1.54) is 11.1 Å². The number of nitrogens with zero attached hydrogens (tertiary/aromatic N) is 2. The number of hydrogen-bond acceptors (Lipinski definition) is 3. The molecule has 0 spiro atoms. The molecule has 0 atom stereocenters. The molecule has 0 radical (unpaired) electrons. The Balaban J connectivity index is 2.30. The lowest BCUT2D eigenvalue weighted by molar-refractivity contribution is 0.352. The molecule has 13 heavy (non-hydrogen) atoms. The minimum atomic E-state index is 0.642. The number of anilines is 1. The highest BCUT2D eigenvalue weighted by Crippen LogP contribution is 2.15. The first kappa shape index (κ1) is 8.51. The first-order chi connectivity index (χ1) is 6.25. The van der Waals surface area contributed by atoms with Crippen molar-refractivity contribution in [2.45, 2.75) is 12.8 Å². The second-order valence-electron chi connectivity index (χ2n) is 3.68. The molecule has 1 aliphatic heterocycles. The molecule has 1 aromatic heterocycles. The normalized spacial score (nSPS) is 17.9. The third kappa shape index (κ3) is 1.80. The SMILES string of the molecule is CN1CCc2cnc(N)cc2CC1. The Hall–Kier alpha value is -1.09. The van der Waals surface area contributed by atoms with Crippen molar-refractivity contribution in [3.8, 4) is 0 Å². The molecule has 3 heteroatoms. The lowest BCUT2D eigenvalue weighted by atomic mass is 10.1. The fourth-order valence-corrected chi connectivity index (χ4v) is 1.74. The van der Waals surface area contributed by atoms with Gasteiger partial charge in [-0.05, 0) is 37.1 Å². The van der Waals surface area contributed by atoms with Crippen LogP contribution in [-0.2, 0) is 12.8 Å². The van der Waals surface area contributed by atoms with Crippen LogP contribution in [0.25, 0.3) is 0 Å². The first-order valence-electron chi connectivity index (χ1n) is 4.67. The van der Waals surface area contributed by atoms with Gasteiger partial charge < -0.3 is 10.6 Å². The summed E-state index contributed by atoms with van der Waals surface area (Å²) in [5.41, 5.74) is 8.37. The molecular formula is C10H15N3. The molecule has 70 valence electrons. The summed E-state index contributed by atoms with van der Waals surface area (Å²) in [6.07, 6.45) is 4.11. The minimum absolute atomic E-state index is 0.642. The Morgan fingerprint density at radius 1 is 1.31 bits per heavy atom. The summed E-state index contributed by atoms with van der Waals surface area (Å²) in [6.45, 7) is 2.25. The fourth-order valence-electron chi connectivity index (χ4n) is 1.74. The van der Waals surface area contributed by atoms with Crippen molar-refractivity contribution in [1.29, 1.82) is 0 Å². The van der Waals surface area contributed by atoms with Gasteiger partial charge in [-0.25, -0.2) is 4.98 Å². The molecule has 0 unspecified atom stereocenters. The van der Waals surface area contributed by atoms with E-state index in [-0.39, 0.29) is 0 Å². The summed E-state index contributed by atoms with van der Waals surface area (Å²) < 4.78 is 0. The monoisotopic (exact) mass is 177 g/mol. The van der Waals surface area contributed by atoms with Gasteiger partial charge in [0.05, 0.1) is 0 Å². The Bertz CT molecular complexity index is 309. The van der Waals surface area contributed by atoms with Crippen molar-refractivity contribution in [2.24, 2.45) is 0 Å². The maximum absolute atomic E-state index is 5.64. The first-order valence-corrected chi connectivity index (χ1v) is 4.67. The van der Waals surface area contributed by atoms with Crippen LogP contribution in [-0.4, -0.2) is 30.0 Å². The van der Waals surface area contributed by atoms with Gasteiger partial charge in [0, 0.05) is 19.3 Å². The summed E-state index contributed by atoms with van der Waals surface area (Å²) >= 11 is 0. The molecule has 1 aliphatic rings. The van der Waals surface area contributed by atoms with E-state index in [4.69, 9.17) is 5.73 Å². The molecule has 2 N–H and O–H groups in total. The van der Waals surface area contributed by atoms with Crippen molar-refractivity contribution in [3.05, 3.63) is 23.4 Å². The lowest BCUT2D eigenvalue weighted by Crippen LogP contribution is -2.20. The largest absolute Gasteiger partial charge is 0.384 e. The maximum atomic E-state index is 5.64. The smallest absolute Gasteiger partial charge is 0.123 e. The van der Waals surface area contributed by atoms with Crippen LogP contribution in [0.15, 0.2) is 12.3 Å². The van der Waals surface area contributed by atoms with Gasteiger partial charge in [0.1, 0.15) is 5.82 Å². The Morgan fingerprint density at radius 2 is 2.00 bits per heavy atom. The van der Waals surface area contributed by atoms with E-state index in [1.54, 1.807) is 0 Å². The van der Waals surface area contributed by atoms with Crippen LogP contribution >= 0.6 is 0 Å². The highest BCUT2D eigenvalue weighted by atomic mass is 15.1. The number of nitrogens with two attached hydrogens (primary N) is 1. The van der Waals surface area contributed by atoms with Crippen LogP contribution in [0.2, 0.25) is 0 Å². The van der Waals surface area contributed by atoms with Crippen molar-refractivity contribution in [1.82, 2.24) is 9.88 Å². The van der Waals surface area contributed by atoms with Crippen LogP contribution in [0, 0.1) is 0 Å². The quantitative estimate of drug-likeness (QED) is 0.634. The summed E-state index contributed by atoms with van der Waals surface area (Å²) in [4.78, 5) is 6.46. The number of nitrogen functional groups attached to an aromatic ring is 1. The van der Waals surface area contributed by atoms with Gasteiger partial charge >= 0.3 is 0 Å². The average molecular weight is 177 g/mol. The number of pyridine rings is 1. The highest BCUT2D eigenvalue weighted by molar-refractivity contribution is 5.37. The third-order valence-electron chi connectivity index (χ3n) is 2.63. The second kappa shape index (κ2) is 3.34. The molecule has 0 fully saturated rings.